The lowest BCUT2D eigenvalue weighted by molar-refractivity contribution is -0.772. The van der Waals surface area contributed by atoms with Crippen molar-refractivity contribution >= 4 is 24.0 Å². The van der Waals surface area contributed by atoms with Crippen LogP contribution in [0.3, 0.4) is 0 Å². The Labute approximate surface area is 164 Å². The van der Waals surface area contributed by atoms with Crippen LogP contribution in [0.1, 0.15) is 0 Å². The van der Waals surface area contributed by atoms with Gasteiger partial charge in [0, 0.05) is 24.7 Å². The minimum atomic E-state index is -1.09. The van der Waals surface area contributed by atoms with Gasteiger partial charge in [0.25, 0.3) is 5.82 Å². The number of benzene rings is 2. The average Bonchev–Trinajstić information content (AvgIpc) is 3.03. The molecule has 0 saturated carbocycles. The zero-order valence-electron chi connectivity index (χ0n) is 15.5. The number of rotatable bonds is 7. The molecule has 6 heteroatoms. The number of nitrogens with one attached hydrogen (secondary N) is 1. The second-order valence-electron chi connectivity index (χ2n) is 7.54. The molecule has 0 aliphatic heterocycles. The fourth-order valence-corrected chi connectivity index (χ4v) is 3.57. The molecule has 136 valence electrons. The Kier molecular flexibility index (Phi) is 6.06. The van der Waals surface area contributed by atoms with Crippen LogP contribution in [0.25, 0.3) is 22.8 Å². The molecule has 0 unspecified atom stereocenters. The highest BCUT2D eigenvalue weighted by Gasteiger charge is 2.23. The van der Waals surface area contributed by atoms with Crippen molar-refractivity contribution in [2.24, 2.45) is 0 Å². The van der Waals surface area contributed by atoms with Crippen LogP contribution in [-0.2, 0) is 11.5 Å². The topological polar surface area (TPSA) is 41.8 Å². The highest BCUT2D eigenvalue weighted by Crippen LogP contribution is 2.21. The Bertz CT molecular complexity index is 842. The molecule has 0 bridgehead atoms. The molecule has 26 heavy (non-hydrogen) atoms. The molecule has 3 aromatic rings. The summed E-state index contributed by atoms with van der Waals surface area (Å²) in [5, 5.41) is 3.39. The minimum absolute atomic E-state index is 0.470. The van der Waals surface area contributed by atoms with Gasteiger partial charge in [-0.1, -0.05) is 53.8 Å². The van der Waals surface area contributed by atoms with E-state index in [-0.39, 0.29) is 0 Å². The van der Waals surface area contributed by atoms with E-state index in [1.54, 1.807) is 0 Å². The number of aromatic nitrogens is 3. The Balaban J connectivity index is 1.85. The maximum atomic E-state index is 5.95. The zero-order valence-corrected chi connectivity index (χ0v) is 18.1. The zero-order chi connectivity index (χ0) is 18.6. The third-order valence-corrected chi connectivity index (χ3v) is 6.31. The Morgan fingerprint density at radius 1 is 1.00 bits per heavy atom. The molecule has 1 N–H and O–H groups in total. The summed E-state index contributed by atoms with van der Waals surface area (Å²) in [7, 11) is -1.09. The van der Waals surface area contributed by atoms with Crippen LogP contribution in [0.5, 0.6) is 0 Å². The summed E-state index contributed by atoms with van der Waals surface area (Å²) >= 11 is 3.48. The van der Waals surface area contributed by atoms with Crippen LogP contribution >= 0.6 is 15.9 Å². The van der Waals surface area contributed by atoms with Gasteiger partial charge in [-0.25, -0.2) is 0 Å². The van der Waals surface area contributed by atoms with E-state index in [0.29, 0.717) is 6.73 Å². The van der Waals surface area contributed by atoms with E-state index in [2.05, 4.69) is 52.8 Å². The smallest absolute Gasteiger partial charge is 0.341 e. The van der Waals surface area contributed by atoms with Crippen molar-refractivity contribution < 1.29 is 9.42 Å². The number of ether oxygens (including phenoxy) is 1. The SMILES string of the molecule is C[Si](C)(C)CCOC[n+]1[nH]c(-c2ccc(Br)cc2)nc1-c1ccccc1. The lowest BCUT2D eigenvalue weighted by Gasteiger charge is -2.14. The van der Waals surface area contributed by atoms with Crippen molar-refractivity contribution in [2.45, 2.75) is 32.4 Å². The van der Waals surface area contributed by atoms with Gasteiger partial charge in [0.15, 0.2) is 0 Å². The van der Waals surface area contributed by atoms with E-state index in [1.807, 2.05) is 47.1 Å². The van der Waals surface area contributed by atoms with Crippen LogP contribution < -0.4 is 4.68 Å². The number of halogens is 1. The maximum absolute atomic E-state index is 5.95. The molecule has 0 amide bonds. The van der Waals surface area contributed by atoms with E-state index >= 15 is 0 Å². The van der Waals surface area contributed by atoms with Crippen molar-refractivity contribution in [3.8, 4) is 22.8 Å². The summed E-state index contributed by atoms with van der Waals surface area (Å²) in [6, 6.07) is 19.5. The maximum Gasteiger partial charge on any atom is 0.353 e. The quantitative estimate of drug-likeness (QED) is 0.321. The van der Waals surface area contributed by atoms with E-state index in [1.165, 1.54) is 0 Å². The molecule has 0 fully saturated rings. The molecule has 3 rings (SSSR count). The average molecular weight is 431 g/mol. The summed E-state index contributed by atoms with van der Waals surface area (Å²) < 4.78 is 8.98. The molecule has 0 aliphatic rings. The Hall–Kier alpha value is -1.76. The molecule has 0 radical (unpaired) electrons. The molecule has 0 saturated heterocycles. The van der Waals surface area contributed by atoms with Gasteiger partial charge in [0.2, 0.25) is 6.73 Å². The first-order valence-corrected chi connectivity index (χ1v) is 13.3. The molecule has 1 aromatic heterocycles. The van der Waals surface area contributed by atoms with Gasteiger partial charge >= 0.3 is 5.82 Å². The van der Waals surface area contributed by atoms with Gasteiger partial charge in [0.05, 0.1) is 5.56 Å². The fourth-order valence-electron chi connectivity index (χ4n) is 2.54. The lowest BCUT2D eigenvalue weighted by Crippen LogP contribution is -2.39. The first kappa shape index (κ1) is 19.0. The van der Waals surface area contributed by atoms with Gasteiger partial charge in [-0.3, -0.25) is 0 Å². The van der Waals surface area contributed by atoms with Crippen LogP contribution in [-0.4, -0.2) is 24.8 Å². The highest BCUT2D eigenvalue weighted by atomic mass is 79.9. The molecule has 0 spiro atoms. The molecule has 2 aromatic carbocycles. The predicted molar refractivity (Wildman–Crippen MR) is 111 cm³/mol. The van der Waals surface area contributed by atoms with Crippen LogP contribution in [0.15, 0.2) is 59.1 Å². The summed E-state index contributed by atoms with van der Waals surface area (Å²) in [5.74, 6) is 1.72. The van der Waals surface area contributed by atoms with E-state index in [9.17, 15) is 0 Å². The molecular formula is C20H25BrN3OSi+. The molecule has 0 aliphatic carbocycles. The predicted octanol–water partition coefficient (Wildman–Crippen LogP) is 5.11. The van der Waals surface area contributed by atoms with E-state index in [4.69, 9.17) is 9.72 Å². The first-order valence-electron chi connectivity index (χ1n) is 8.81. The van der Waals surface area contributed by atoms with Crippen LogP contribution in [0.2, 0.25) is 25.7 Å². The summed E-state index contributed by atoms with van der Waals surface area (Å²) in [4.78, 5) is 4.83. The van der Waals surface area contributed by atoms with Crippen molar-refractivity contribution in [1.82, 2.24) is 10.1 Å². The van der Waals surface area contributed by atoms with E-state index in [0.717, 1.165) is 39.9 Å². The van der Waals surface area contributed by atoms with Crippen molar-refractivity contribution in [3.05, 3.63) is 59.1 Å². The standard InChI is InChI=1S/C20H24BrN3OSi/c1-26(2,3)14-13-25-15-24-20(17-7-5-4-6-8-17)22-19(23-24)16-9-11-18(21)12-10-16/h4-12H,13-15H2,1-3H3/p+1. The normalized spacial score (nSPS) is 11.7. The Morgan fingerprint density at radius 2 is 1.69 bits per heavy atom. The second kappa shape index (κ2) is 8.29. The van der Waals surface area contributed by atoms with E-state index < -0.39 is 8.07 Å². The van der Waals surface area contributed by atoms with Gasteiger partial charge < -0.3 is 4.74 Å². The highest BCUT2D eigenvalue weighted by molar-refractivity contribution is 9.10. The summed E-state index contributed by atoms with van der Waals surface area (Å²) in [6.07, 6.45) is 0. The second-order valence-corrected chi connectivity index (χ2v) is 14.1. The van der Waals surface area contributed by atoms with Gasteiger partial charge in [-0.15, -0.1) is 4.68 Å². The largest absolute Gasteiger partial charge is 0.353 e. The number of H-pyrrole nitrogens is 1. The molecule has 0 atom stereocenters. The minimum Gasteiger partial charge on any atom is -0.341 e. The fraction of sp³-hybridized carbons (Fsp3) is 0.300. The Morgan fingerprint density at radius 3 is 2.35 bits per heavy atom. The van der Waals surface area contributed by atoms with Crippen LogP contribution in [0.4, 0.5) is 0 Å². The van der Waals surface area contributed by atoms with Gasteiger partial charge in [-0.05, 0) is 47.4 Å². The summed E-state index contributed by atoms with van der Waals surface area (Å²) in [6.45, 7) is 8.34. The van der Waals surface area contributed by atoms with Crippen molar-refractivity contribution in [2.75, 3.05) is 6.61 Å². The van der Waals surface area contributed by atoms with Crippen molar-refractivity contribution in [3.63, 3.8) is 0 Å². The lowest BCUT2D eigenvalue weighted by atomic mass is 10.2. The van der Waals surface area contributed by atoms with Crippen molar-refractivity contribution in [1.29, 1.82) is 0 Å². The molecule has 4 nitrogen and oxygen atoms in total. The third-order valence-electron chi connectivity index (χ3n) is 4.08. The first-order chi connectivity index (χ1) is 12.4. The molecule has 1 heterocycles. The van der Waals surface area contributed by atoms with Crippen LogP contribution in [0, 0.1) is 0 Å². The van der Waals surface area contributed by atoms with Gasteiger partial charge in [0.1, 0.15) is 0 Å². The molecular weight excluding hydrogens is 406 g/mol. The number of hydrogen-bond acceptors (Lipinski definition) is 2. The number of nitrogens with zero attached hydrogens (tertiary/aromatic N) is 2. The monoisotopic (exact) mass is 430 g/mol. The summed E-state index contributed by atoms with van der Waals surface area (Å²) in [5.41, 5.74) is 2.12. The number of hydrogen-bond donors (Lipinski definition) is 1. The van der Waals surface area contributed by atoms with Gasteiger partial charge in [-0.2, -0.15) is 5.10 Å². The number of aromatic amines is 1. The third kappa shape index (κ3) is 5.12.